The lowest BCUT2D eigenvalue weighted by Crippen LogP contribution is -2.41. The van der Waals surface area contributed by atoms with Gasteiger partial charge in [-0.1, -0.05) is 6.07 Å². The van der Waals surface area contributed by atoms with Gasteiger partial charge in [0.1, 0.15) is 6.10 Å². The number of cyclic esters (lactones) is 1. The van der Waals surface area contributed by atoms with Gasteiger partial charge in [-0.25, -0.2) is 18.6 Å². The molecule has 3 atom stereocenters. The molecular formula is C28H22F8N2O3. The van der Waals surface area contributed by atoms with E-state index in [1.807, 2.05) is 0 Å². The van der Waals surface area contributed by atoms with E-state index >= 15 is 0 Å². The second-order valence-corrected chi connectivity index (χ2v) is 9.77. The Hall–Kier alpha value is -3.90. The molecule has 2 saturated heterocycles. The number of hydrogen-bond acceptors (Lipinski definition) is 4. The van der Waals surface area contributed by atoms with Crippen molar-refractivity contribution in [2.45, 2.75) is 56.2 Å². The Morgan fingerprint density at radius 2 is 1.68 bits per heavy atom. The summed E-state index contributed by atoms with van der Waals surface area (Å²) in [6, 6.07) is 6.22. The highest BCUT2D eigenvalue weighted by atomic mass is 19.4. The second-order valence-electron chi connectivity index (χ2n) is 9.77. The zero-order valence-electron chi connectivity index (χ0n) is 21.3. The van der Waals surface area contributed by atoms with Gasteiger partial charge < -0.3 is 9.47 Å². The number of ether oxygens (including phenoxy) is 2. The molecule has 0 radical (unpaired) electrons. The first-order valence-electron chi connectivity index (χ1n) is 12.5. The van der Waals surface area contributed by atoms with E-state index in [4.69, 9.17) is 9.47 Å². The number of carbonyl (C=O) groups is 1. The molecule has 1 amide bonds. The molecular weight excluding hydrogens is 564 g/mol. The smallest absolute Gasteiger partial charge is 0.416 e. The summed E-state index contributed by atoms with van der Waals surface area (Å²) in [5.41, 5.74) is -2.66. The molecule has 3 heterocycles. The Labute approximate surface area is 228 Å². The maximum atomic E-state index is 13.8. The normalized spacial score (nSPS) is 21.2. The fourth-order valence-electron chi connectivity index (χ4n) is 5.58. The Bertz CT molecular complexity index is 1460. The highest BCUT2D eigenvalue weighted by molar-refractivity contribution is 5.76. The van der Waals surface area contributed by atoms with E-state index in [0.717, 1.165) is 18.2 Å². The number of carbonyl (C=O) groups excluding carboxylic acids is 1. The fourth-order valence-corrected chi connectivity index (χ4v) is 5.58. The second kappa shape index (κ2) is 10.5. The van der Waals surface area contributed by atoms with Gasteiger partial charge in [0.25, 0.3) is 6.43 Å². The summed E-state index contributed by atoms with van der Waals surface area (Å²) in [5.74, 6) is 0.131. The Balaban J connectivity index is 1.61. The van der Waals surface area contributed by atoms with Crippen LogP contribution in [0.4, 0.5) is 39.9 Å². The number of hydrogen-bond donors (Lipinski definition) is 0. The topological polar surface area (TPSA) is 51.7 Å². The summed E-state index contributed by atoms with van der Waals surface area (Å²) in [7, 11) is 1.34. The Kier molecular flexibility index (Phi) is 7.33. The third-order valence-corrected chi connectivity index (χ3v) is 7.34. The number of piperidine rings is 1. The van der Waals surface area contributed by atoms with Gasteiger partial charge in [-0.2, -0.15) is 26.3 Å². The van der Waals surface area contributed by atoms with Gasteiger partial charge in [-0.15, -0.1) is 0 Å². The zero-order valence-corrected chi connectivity index (χ0v) is 21.3. The minimum absolute atomic E-state index is 0.116. The van der Waals surface area contributed by atoms with E-state index in [0.29, 0.717) is 29.7 Å². The highest BCUT2D eigenvalue weighted by Crippen LogP contribution is 2.49. The van der Waals surface area contributed by atoms with Crippen LogP contribution in [0.25, 0.3) is 11.1 Å². The van der Waals surface area contributed by atoms with E-state index in [2.05, 4.69) is 4.98 Å². The standard InChI is InChI=1S/C28H22F8N2O3/c1-40-25-19(4-3-9-37-25)18-8-7-16(27(31,32)33)13-20(18)21-5-2-6-22-23(41-26(39)38(21)22)14-10-15(24(29)30)12-17(11-14)28(34,35)36/h3-4,7-13,21-24H,2,5-6H2,1H3/t21-,22-,23+/m0/s1. The van der Waals surface area contributed by atoms with Crippen LogP contribution in [0.2, 0.25) is 0 Å². The van der Waals surface area contributed by atoms with Crippen molar-refractivity contribution in [1.29, 1.82) is 0 Å². The summed E-state index contributed by atoms with van der Waals surface area (Å²) < 4.78 is 120. The number of halogens is 8. The van der Waals surface area contributed by atoms with Crippen LogP contribution in [0.15, 0.2) is 54.7 Å². The van der Waals surface area contributed by atoms with Crippen LogP contribution >= 0.6 is 0 Å². The van der Waals surface area contributed by atoms with E-state index < -0.39 is 59.7 Å². The minimum atomic E-state index is -4.94. The average molecular weight is 586 g/mol. The molecule has 0 N–H and O–H groups in total. The molecule has 0 spiro atoms. The Morgan fingerprint density at radius 3 is 2.34 bits per heavy atom. The first kappa shape index (κ1) is 28.6. The molecule has 2 aliphatic rings. The van der Waals surface area contributed by atoms with Crippen LogP contribution in [-0.2, 0) is 17.1 Å². The summed E-state index contributed by atoms with van der Waals surface area (Å²) in [4.78, 5) is 18.5. The van der Waals surface area contributed by atoms with Crippen LogP contribution in [0.3, 0.4) is 0 Å². The van der Waals surface area contributed by atoms with Crippen molar-refractivity contribution in [2.75, 3.05) is 7.11 Å². The van der Waals surface area contributed by atoms with Crippen LogP contribution in [0.5, 0.6) is 5.88 Å². The molecule has 0 unspecified atom stereocenters. The molecule has 218 valence electrons. The van der Waals surface area contributed by atoms with Crippen molar-refractivity contribution in [3.63, 3.8) is 0 Å². The predicted molar refractivity (Wildman–Crippen MR) is 129 cm³/mol. The largest absolute Gasteiger partial charge is 0.481 e. The predicted octanol–water partition coefficient (Wildman–Crippen LogP) is 8.52. The number of pyridine rings is 1. The quantitative estimate of drug-likeness (QED) is 0.281. The van der Waals surface area contributed by atoms with E-state index in [1.165, 1.54) is 24.3 Å². The third-order valence-electron chi connectivity index (χ3n) is 7.34. The fraction of sp³-hybridized carbons (Fsp3) is 0.357. The highest BCUT2D eigenvalue weighted by Gasteiger charge is 2.49. The Morgan fingerprint density at radius 1 is 0.951 bits per heavy atom. The first-order valence-corrected chi connectivity index (χ1v) is 12.5. The first-order chi connectivity index (χ1) is 19.3. The maximum absolute atomic E-state index is 13.8. The summed E-state index contributed by atoms with van der Waals surface area (Å²) in [5, 5.41) is 0. The molecule has 0 saturated carbocycles. The maximum Gasteiger partial charge on any atom is 0.416 e. The lowest BCUT2D eigenvalue weighted by molar-refractivity contribution is -0.138. The summed E-state index contributed by atoms with van der Waals surface area (Å²) in [6.45, 7) is 0. The molecule has 2 fully saturated rings. The van der Waals surface area contributed by atoms with Crippen LogP contribution in [0.1, 0.15) is 65.7 Å². The van der Waals surface area contributed by atoms with Crippen LogP contribution in [-0.4, -0.2) is 29.1 Å². The molecule has 5 nitrogen and oxygen atoms in total. The van der Waals surface area contributed by atoms with Gasteiger partial charge in [0.05, 0.1) is 30.3 Å². The van der Waals surface area contributed by atoms with Gasteiger partial charge >= 0.3 is 18.4 Å². The van der Waals surface area contributed by atoms with Crippen molar-refractivity contribution in [3.05, 3.63) is 82.5 Å². The van der Waals surface area contributed by atoms with Gasteiger partial charge in [0.2, 0.25) is 5.88 Å². The number of nitrogens with zero attached hydrogens (tertiary/aromatic N) is 2. The average Bonchev–Trinajstić information content (AvgIpc) is 3.28. The van der Waals surface area contributed by atoms with Crippen molar-refractivity contribution < 1.29 is 49.4 Å². The van der Waals surface area contributed by atoms with E-state index in [-0.39, 0.29) is 29.8 Å². The molecule has 2 aromatic carbocycles. The number of amides is 1. The molecule has 2 aliphatic heterocycles. The van der Waals surface area contributed by atoms with Crippen LogP contribution in [0, 0.1) is 0 Å². The number of alkyl halides is 8. The van der Waals surface area contributed by atoms with Crippen LogP contribution < -0.4 is 4.74 Å². The van der Waals surface area contributed by atoms with Crippen molar-refractivity contribution in [3.8, 4) is 17.0 Å². The minimum Gasteiger partial charge on any atom is -0.481 e. The van der Waals surface area contributed by atoms with Gasteiger partial charge in [-0.3, -0.25) is 4.90 Å². The number of fused-ring (bicyclic) bond motifs is 1. The summed E-state index contributed by atoms with van der Waals surface area (Å²) >= 11 is 0. The lowest BCUT2D eigenvalue weighted by atomic mass is 9.84. The molecule has 5 rings (SSSR count). The summed E-state index contributed by atoms with van der Waals surface area (Å²) in [6.07, 6.45) is -12.9. The number of methoxy groups -OCH3 is 1. The molecule has 3 aromatic rings. The molecule has 0 aliphatic carbocycles. The number of benzene rings is 2. The lowest BCUT2D eigenvalue weighted by Gasteiger charge is -2.38. The van der Waals surface area contributed by atoms with E-state index in [9.17, 15) is 39.9 Å². The molecule has 1 aromatic heterocycles. The number of aromatic nitrogens is 1. The van der Waals surface area contributed by atoms with E-state index in [1.54, 1.807) is 12.1 Å². The zero-order chi connectivity index (χ0) is 29.7. The van der Waals surface area contributed by atoms with Crippen molar-refractivity contribution >= 4 is 6.09 Å². The monoisotopic (exact) mass is 586 g/mol. The SMILES string of the molecule is COc1ncccc1-c1ccc(C(F)(F)F)cc1[C@@H]1CCC[C@H]2[C@@H](c3cc(C(F)F)cc(C(F)(F)F)c3)OC(=O)N12. The van der Waals surface area contributed by atoms with Gasteiger partial charge in [0.15, 0.2) is 0 Å². The third kappa shape index (κ3) is 5.41. The molecule has 41 heavy (non-hydrogen) atoms. The van der Waals surface area contributed by atoms with Gasteiger partial charge in [0, 0.05) is 17.3 Å². The van der Waals surface area contributed by atoms with Crippen molar-refractivity contribution in [2.24, 2.45) is 0 Å². The molecule has 0 bridgehead atoms. The molecule has 13 heteroatoms. The van der Waals surface area contributed by atoms with Crippen molar-refractivity contribution in [1.82, 2.24) is 9.88 Å². The number of rotatable bonds is 5. The van der Waals surface area contributed by atoms with Gasteiger partial charge in [-0.05, 0) is 78.4 Å².